The van der Waals surface area contributed by atoms with Crippen molar-refractivity contribution in [2.75, 3.05) is 6.61 Å². The van der Waals surface area contributed by atoms with Crippen LogP contribution in [-0.4, -0.2) is 51.7 Å². The van der Waals surface area contributed by atoms with Gasteiger partial charge in [-0.25, -0.2) is 14.6 Å². The van der Waals surface area contributed by atoms with Gasteiger partial charge in [0, 0.05) is 36.7 Å². The zero-order valence-corrected chi connectivity index (χ0v) is 18.7. The molecule has 9 nitrogen and oxygen atoms in total. The molecule has 4 N–H and O–H groups in total. The molecule has 0 saturated heterocycles. The van der Waals surface area contributed by atoms with E-state index >= 15 is 0 Å². The molecule has 2 amide bonds. The smallest absolute Gasteiger partial charge is 0.407 e. The van der Waals surface area contributed by atoms with E-state index in [4.69, 9.17) is 4.74 Å². The maximum absolute atomic E-state index is 12.4. The summed E-state index contributed by atoms with van der Waals surface area (Å²) in [4.78, 5) is 42.8. The van der Waals surface area contributed by atoms with Crippen LogP contribution in [0.3, 0.4) is 0 Å². The van der Waals surface area contributed by atoms with Gasteiger partial charge in [-0.1, -0.05) is 48.5 Å². The summed E-state index contributed by atoms with van der Waals surface area (Å²) in [6, 6.07) is 14.5. The first kappa shape index (κ1) is 23.0. The first-order chi connectivity index (χ1) is 16.4. The molecule has 1 aliphatic rings. The molecule has 0 radical (unpaired) electrons. The maximum atomic E-state index is 12.4. The number of nitrogens with one attached hydrogen (secondary N) is 3. The highest BCUT2D eigenvalue weighted by molar-refractivity contribution is 5.84. The van der Waals surface area contributed by atoms with Gasteiger partial charge in [-0.3, -0.25) is 4.79 Å². The molecular weight excluding hydrogens is 436 g/mol. The molecule has 4 rings (SSSR count). The van der Waals surface area contributed by atoms with Gasteiger partial charge in [0.15, 0.2) is 0 Å². The van der Waals surface area contributed by atoms with Gasteiger partial charge < -0.3 is 25.5 Å². The number of fused-ring (bicyclic) bond motifs is 3. The fourth-order valence-corrected chi connectivity index (χ4v) is 4.24. The minimum atomic E-state index is -1.15. The first-order valence-corrected chi connectivity index (χ1v) is 11.0. The van der Waals surface area contributed by atoms with Crippen LogP contribution in [0.2, 0.25) is 0 Å². The predicted octanol–water partition coefficient (Wildman–Crippen LogP) is 2.84. The van der Waals surface area contributed by atoms with E-state index in [0.29, 0.717) is 5.69 Å². The van der Waals surface area contributed by atoms with Crippen LogP contribution in [0, 0.1) is 0 Å². The van der Waals surface area contributed by atoms with Crippen molar-refractivity contribution in [3.8, 4) is 11.1 Å². The van der Waals surface area contributed by atoms with Crippen molar-refractivity contribution in [2.24, 2.45) is 0 Å². The standard InChI is InChI=1S/C25H26N4O5/c1-15(10-23(30)29-22(24(31)32)11-16-12-26-14-27-16)28-25(33)34-13-21-19-8-4-2-6-17(19)18-7-3-5-9-20(18)21/h2-9,12,14-15,21-22H,10-11,13H2,1H3,(H,26,27)(H,28,33)(H,29,30)(H,31,32)/t15-,22-/m1/s1. The number of carboxylic acids is 1. The minimum Gasteiger partial charge on any atom is -0.480 e. The predicted molar refractivity (Wildman–Crippen MR) is 124 cm³/mol. The SMILES string of the molecule is C[C@H](CC(=O)N[C@H](Cc1cnc[nH]1)C(=O)O)NC(=O)OCC1c2ccccc2-c2ccccc21. The maximum Gasteiger partial charge on any atom is 0.407 e. The Bertz CT molecular complexity index is 1130. The van der Waals surface area contributed by atoms with E-state index in [-0.39, 0.29) is 25.4 Å². The van der Waals surface area contributed by atoms with Crippen molar-refractivity contribution in [1.29, 1.82) is 0 Å². The molecule has 176 valence electrons. The van der Waals surface area contributed by atoms with E-state index in [2.05, 4.69) is 32.7 Å². The first-order valence-electron chi connectivity index (χ1n) is 11.0. The van der Waals surface area contributed by atoms with Gasteiger partial charge in [0.1, 0.15) is 12.6 Å². The zero-order chi connectivity index (χ0) is 24.1. The Labute approximate surface area is 196 Å². The quantitative estimate of drug-likeness (QED) is 0.386. The summed E-state index contributed by atoms with van der Waals surface area (Å²) in [5.41, 5.74) is 5.10. The topological polar surface area (TPSA) is 133 Å². The summed E-state index contributed by atoms with van der Waals surface area (Å²) in [6.45, 7) is 1.83. The van der Waals surface area contributed by atoms with Gasteiger partial charge in [-0.2, -0.15) is 0 Å². The third kappa shape index (κ3) is 5.25. The van der Waals surface area contributed by atoms with Crippen LogP contribution < -0.4 is 10.6 Å². The number of carbonyl (C=O) groups excluding carboxylic acids is 2. The highest BCUT2D eigenvalue weighted by Gasteiger charge is 2.29. The number of ether oxygens (including phenoxy) is 1. The van der Waals surface area contributed by atoms with Crippen molar-refractivity contribution >= 4 is 18.0 Å². The fraction of sp³-hybridized carbons (Fsp3) is 0.280. The monoisotopic (exact) mass is 462 g/mol. The number of carbonyl (C=O) groups is 3. The molecule has 34 heavy (non-hydrogen) atoms. The Morgan fingerprint density at radius 3 is 2.29 bits per heavy atom. The summed E-state index contributed by atoms with van der Waals surface area (Å²) in [7, 11) is 0. The molecule has 0 saturated carbocycles. The number of amides is 2. The van der Waals surface area contributed by atoms with E-state index in [1.54, 1.807) is 6.92 Å². The Morgan fingerprint density at radius 1 is 1.06 bits per heavy atom. The summed E-state index contributed by atoms with van der Waals surface area (Å²) in [5, 5.41) is 14.5. The molecule has 1 aromatic heterocycles. The molecule has 1 heterocycles. The summed E-state index contributed by atoms with van der Waals surface area (Å²) >= 11 is 0. The van der Waals surface area contributed by atoms with Crippen molar-refractivity contribution in [3.63, 3.8) is 0 Å². The highest BCUT2D eigenvalue weighted by Crippen LogP contribution is 2.44. The number of aliphatic carboxylic acids is 1. The van der Waals surface area contributed by atoms with E-state index in [0.717, 1.165) is 22.3 Å². The van der Waals surface area contributed by atoms with Crippen LogP contribution in [0.1, 0.15) is 36.1 Å². The van der Waals surface area contributed by atoms with E-state index < -0.39 is 30.1 Å². The van der Waals surface area contributed by atoms with Gasteiger partial charge in [0.25, 0.3) is 0 Å². The number of imidazole rings is 1. The van der Waals surface area contributed by atoms with Crippen LogP contribution in [0.4, 0.5) is 4.79 Å². The average molecular weight is 463 g/mol. The second-order valence-electron chi connectivity index (χ2n) is 8.31. The number of rotatable bonds is 9. The van der Waals surface area contributed by atoms with E-state index in [1.165, 1.54) is 12.5 Å². The number of alkyl carbamates (subject to hydrolysis) is 1. The molecular formula is C25H26N4O5. The summed E-state index contributed by atoms with van der Waals surface area (Å²) in [6.07, 6.45) is 2.31. The number of carboxylic acid groups (broad SMARTS) is 1. The molecule has 1 aliphatic carbocycles. The van der Waals surface area contributed by atoms with E-state index in [9.17, 15) is 19.5 Å². The third-order valence-electron chi connectivity index (χ3n) is 5.81. The molecule has 0 fully saturated rings. The van der Waals surface area contributed by atoms with Crippen molar-refractivity contribution in [2.45, 2.75) is 37.8 Å². The molecule has 0 aliphatic heterocycles. The van der Waals surface area contributed by atoms with Gasteiger partial charge in [-0.05, 0) is 29.2 Å². The van der Waals surface area contributed by atoms with Gasteiger partial charge in [0.2, 0.25) is 5.91 Å². The number of aromatic nitrogens is 2. The number of hydrogen-bond acceptors (Lipinski definition) is 5. The number of H-pyrrole nitrogens is 1. The highest BCUT2D eigenvalue weighted by atomic mass is 16.5. The molecule has 0 bridgehead atoms. The summed E-state index contributed by atoms with van der Waals surface area (Å²) < 4.78 is 5.49. The second-order valence-corrected chi connectivity index (χ2v) is 8.31. The van der Waals surface area contributed by atoms with Crippen LogP contribution in [-0.2, 0) is 20.7 Å². The molecule has 2 atom stereocenters. The Morgan fingerprint density at radius 2 is 1.71 bits per heavy atom. The lowest BCUT2D eigenvalue weighted by atomic mass is 9.98. The van der Waals surface area contributed by atoms with E-state index in [1.807, 2.05) is 36.4 Å². The Hall–Kier alpha value is -4.14. The molecule has 2 aromatic carbocycles. The van der Waals surface area contributed by atoms with Crippen molar-refractivity contribution in [1.82, 2.24) is 20.6 Å². The normalized spacial score (nSPS) is 13.9. The number of benzene rings is 2. The largest absolute Gasteiger partial charge is 0.480 e. The van der Waals surface area contributed by atoms with Crippen LogP contribution in [0.15, 0.2) is 61.1 Å². The Kier molecular flexibility index (Phi) is 6.91. The van der Waals surface area contributed by atoms with Crippen molar-refractivity contribution < 1.29 is 24.2 Å². The minimum absolute atomic E-state index is 0.0597. The lowest BCUT2D eigenvalue weighted by molar-refractivity contribution is -0.141. The second kappa shape index (κ2) is 10.2. The third-order valence-corrected chi connectivity index (χ3v) is 5.81. The fourth-order valence-electron chi connectivity index (χ4n) is 4.24. The molecule has 0 spiro atoms. The van der Waals surface area contributed by atoms with Gasteiger partial charge in [-0.15, -0.1) is 0 Å². The number of hydrogen-bond donors (Lipinski definition) is 4. The average Bonchev–Trinajstić information content (AvgIpc) is 3.43. The molecule has 9 heteroatoms. The number of nitrogens with zero attached hydrogens (tertiary/aromatic N) is 1. The number of aromatic amines is 1. The Balaban J connectivity index is 1.28. The van der Waals surface area contributed by atoms with Crippen molar-refractivity contribution in [3.05, 3.63) is 77.9 Å². The molecule has 0 unspecified atom stereocenters. The lowest BCUT2D eigenvalue weighted by Gasteiger charge is -2.18. The van der Waals surface area contributed by atoms with Gasteiger partial charge in [0.05, 0.1) is 6.33 Å². The van der Waals surface area contributed by atoms with Crippen LogP contribution >= 0.6 is 0 Å². The van der Waals surface area contributed by atoms with Gasteiger partial charge >= 0.3 is 12.1 Å². The molecule has 3 aromatic rings. The summed E-state index contributed by atoms with van der Waals surface area (Å²) in [5.74, 6) is -1.70. The van der Waals surface area contributed by atoms with Crippen LogP contribution in [0.25, 0.3) is 11.1 Å². The zero-order valence-electron chi connectivity index (χ0n) is 18.7. The van der Waals surface area contributed by atoms with Crippen LogP contribution in [0.5, 0.6) is 0 Å². The lowest BCUT2D eigenvalue weighted by Crippen LogP contribution is -2.45.